The Morgan fingerprint density at radius 3 is 2.53 bits per heavy atom. The molecule has 0 spiro atoms. The highest BCUT2D eigenvalue weighted by atomic mass is 16.9. The first-order valence-electron chi connectivity index (χ1n) is 11.1. The molecule has 2 aromatic carbocycles. The predicted octanol–water partition coefficient (Wildman–Crippen LogP) is 6.13. The summed E-state index contributed by atoms with van der Waals surface area (Å²) in [4.78, 5) is 14.5. The second kappa shape index (κ2) is 9.27. The molecule has 0 unspecified atom stereocenters. The van der Waals surface area contributed by atoms with Crippen LogP contribution in [-0.4, -0.2) is 23.9 Å². The zero-order valence-electron chi connectivity index (χ0n) is 19.6. The van der Waals surface area contributed by atoms with Crippen molar-refractivity contribution in [2.24, 2.45) is 0 Å². The highest BCUT2D eigenvalue weighted by molar-refractivity contribution is 5.83. The van der Waals surface area contributed by atoms with Gasteiger partial charge in [0.1, 0.15) is 22.8 Å². The Labute approximate surface area is 189 Å². The van der Waals surface area contributed by atoms with Crippen LogP contribution < -0.4 is 9.47 Å². The van der Waals surface area contributed by atoms with Crippen LogP contribution in [0.4, 0.5) is 0 Å². The van der Waals surface area contributed by atoms with Gasteiger partial charge in [-0.2, -0.15) is 0 Å². The minimum atomic E-state index is -0.747. The van der Waals surface area contributed by atoms with Crippen LogP contribution in [0.2, 0.25) is 0 Å². The van der Waals surface area contributed by atoms with E-state index in [0.29, 0.717) is 17.7 Å². The first-order valence-corrected chi connectivity index (χ1v) is 11.1. The van der Waals surface area contributed by atoms with Crippen molar-refractivity contribution in [1.82, 2.24) is 0 Å². The molecule has 1 aliphatic heterocycles. The van der Waals surface area contributed by atoms with Crippen molar-refractivity contribution < 1.29 is 24.5 Å². The molecular formula is C25H33NO6. The molecule has 0 fully saturated rings. The molecule has 0 saturated carbocycles. The Balaban J connectivity index is 1.78. The second-order valence-corrected chi connectivity index (χ2v) is 9.50. The fraction of sp³-hybridized carbons (Fsp3) is 0.520. The molecule has 0 aromatic heterocycles. The summed E-state index contributed by atoms with van der Waals surface area (Å²) in [5, 5.41) is 20.5. The number of nitrogens with zero attached hydrogens (tertiary/aromatic N) is 1. The second-order valence-electron chi connectivity index (χ2n) is 9.50. The average molecular weight is 444 g/mol. The molecule has 0 saturated heterocycles. The van der Waals surface area contributed by atoms with Crippen LogP contribution in [0.15, 0.2) is 30.3 Å². The lowest BCUT2D eigenvalue weighted by Gasteiger charge is -2.36. The number of unbranched alkanes of at least 4 members (excludes halogenated alkanes) is 3. The maximum absolute atomic E-state index is 11.0. The van der Waals surface area contributed by atoms with E-state index < -0.39 is 10.7 Å². The van der Waals surface area contributed by atoms with Gasteiger partial charge in [0.15, 0.2) is 0 Å². The van der Waals surface area contributed by atoms with Gasteiger partial charge in [-0.05, 0) is 67.5 Å². The van der Waals surface area contributed by atoms with Gasteiger partial charge in [0, 0.05) is 5.56 Å². The Bertz CT molecular complexity index is 983. The molecule has 2 aromatic rings. The topological polar surface area (TPSA) is 91.1 Å². The lowest BCUT2D eigenvalue weighted by atomic mass is 9.78. The maximum atomic E-state index is 11.0. The van der Waals surface area contributed by atoms with Gasteiger partial charge >= 0.3 is 0 Å². The van der Waals surface area contributed by atoms with Crippen molar-refractivity contribution in [1.29, 1.82) is 0 Å². The number of rotatable bonds is 10. The zero-order valence-corrected chi connectivity index (χ0v) is 19.6. The summed E-state index contributed by atoms with van der Waals surface area (Å²) >= 11 is 0. The number of aromatic hydroxyl groups is 1. The smallest absolute Gasteiger partial charge is 0.294 e. The number of ether oxygens (including phenoxy) is 2. The monoisotopic (exact) mass is 443 g/mol. The van der Waals surface area contributed by atoms with Gasteiger partial charge < -0.3 is 19.4 Å². The van der Waals surface area contributed by atoms with E-state index in [2.05, 4.69) is 18.7 Å². The summed E-state index contributed by atoms with van der Waals surface area (Å²) in [6.07, 6.45) is 4.44. The summed E-state index contributed by atoms with van der Waals surface area (Å²) in [6.45, 7) is 8.52. The predicted molar refractivity (Wildman–Crippen MR) is 123 cm³/mol. The highest BCUT2D eigenvalue weighted by Crippen LogP contribution is 2.51. The van der Waals surface area contributed by atoms with Crippen molar-refractivity contribution in [2.45, 2.75) is 70.8 Å². The summed E-state index contributed by atoms with van der Waals surface area (Å²) in [5.74, 6) is 1.61. The van der Waals surface area contributed by atoms with E-state index in [-0.39, 0.29) is 17.8 Å². The van der Waals surface area contributed by atoms with E-state index >= 15 is 0 Å². The van der Waals surface area contributed by atoms with Gasteiger partial charge in [-0.15, -0.1) is 10.1 Å². The van der Waals surface area contributed by atoms with Gasteiger partial charge in [0.25, 0.3) is 5.09 Å². The number of phenolic OH excluding ortho intramolecular Hbond substituents is 1. The van der Waals surface area contributed by atoms with Crippen LogP contribution >= 0.6 is 0 Å². The number of methoxy groups -OCH3 is 1. The van der Waals surface area contributed by atoms with Crippen molar-refractivity contribution in [3.8, 4) is 28.4 Å². The van der Waals surface area contributed by atoms with Gasteiger partial charge in [-0.25, -0.2) is 0 Å². The van der Waals surface area contributed by atoms with Crippen molar-refractivity contribution in [3.63, 3.8) is 0 Å². The molecule has 0 atom stereocenters. The summed E-state index contributed by atoms with van der Waals surface area (Å²) in [5.41, 5.74) is 2.96. The third-order valence-electron chi connectivity index (χ3n) is 6.27. The summed E-state index contributed by atoms with van der Waals surface area (Å²) in [6, 6.07) is 9.74. The summed E-state index contributed by atoms with van der Waals surface area (Å²) < 4.78 is 11.8. The van der Waals surface area contributed by atoms with E-state index in [1.165, 1.54) is 0 Å². The van der Waals surface area contributed by atoms with Crippen molar-refractivity contribution in [3.05, 3.63) is 51.6 Å². The van der Waals surface area contributed by atoms with Gasteiger partial charge in [-0.3, -0.25) is 0 Å². The number of benzene rings is 2. The highest BCUT2D eigenvalue weighted by Gasteiger charge is 2.35. The largest absolute Gasteiger partial charge is 0.507 e. The fourth-order valence-electron chi connectivity index (χ4n) is 4.36. The van der Waals surface area contributed by atoms with Crippen molar-refractivity contribution >= 4 is 0 Å². The number of phenols is 1. The standard InChI is InChI=1S/C25H33NO6/c1-24(2,12-8-6-7-9-13-31-26(28)29)17-14-21(27)23-19-16-18(30-5)10-11-20(19)25(3,4)32-22(23)15-17/h10-11,14-16,27H,6-9,12-13H2,1-5H3. The van der Waals surface area contributed by atoms with E-state index in [1.54, 1.807) is 7.11 Å². The van der Waals surface area contributed by atoms with Crippen LogP contribution in [0.25, 0.3) is 11.1 Å². The maximum Gasteiger partial charge on any atom is 0.294 e. The number of hydrogen-bond acceptors (Lipinski definition) is 6. The van der Waals surface area contributed by atoms with Crippen LogP contribution in [0.5, 0.6) is 17.2 Å². The Morgan fingerprint density at radius 1 is 1.12 bits per heavy atom. The molecule has 32 heavy (non-hydrogen) atoms. The Kier molecular flexibility index (Phi) is 6.86. The third-order valence-corrected chi connectivity index (χ3v) is 6.27. The minimum Gasteiger partial charge on any atom is -0.507 e. The summed E-state index contributed by atoms with van der Waals surface area (Å²) in [7, 11) is 1.63. The van der Waals surface area contributed by atoms with E-state index in [9.17, 15) is 15.2 Å². The molecule has 0 aliphatic carbocycles. The average Bonchev–Trinajstić information content (AvgIpc) is 2.71. The lowest BCUT2D eigenvalue weighted by molar-refractivity contribution is -0.757. The molecule has 1 N–H and O–H groups in total. The molecule has 1 heterocycles. The Morgan fingerprint density at radius 2 is 1.84 bits per heavy atom. The Hall–Kier alpha value is -2.96. The van der Waals surface area contributed by atoms with Crippen LogP contribution in [-0.2, 0) is 15.9 Å². The molecule has 3 rings (SSSR count). The molecule has 7 nitrogen and oxygen atoms in total. The molecular weight excluding hydrogens is 410 g/mol. The molecule has 0 amide bonds. The van der Waals surface area contributed by atoms with Gasteiger partial charge in [0.05, 0.1) is 19.3 Å². The van der Waals surface area contributed by atoms with Crippen LogP contribution in [0, 0.1) is 10.1 Å². The van der Waals surface area contributed by atoms with Crippen LogP contribution in [0.1, 0.15) is 70.9 Å². The normalized spacial score (nSPS) is 14.2. The SMILES string of the molecule is COc1ccc2c(c1)-c1c(O)cc(C(C)(C)CCCCCCO[N+](=O)[O-])cc1OC2(C)C. The lowest BCUT2D eigenvalue weighted by Crippen LogP contribution is -2.29. The molecule has 0 radical (unpaired) electrons. The zero-order chi connectivity index (χ0) is 23.5. The molecule has 174 valence electrons. The van der Waals surface area contributed by atoms with Crippen LogP contribution in [0.3, 0.4) is 0 Å². The fourth-order valence-corrected chi connectivity index (χ4v) is 4.36. The first kappa shape index (κ1) is 23.7. The van der Waals surface area contributed by atoms with Gasteiger partial charge in [0.2, 0.25) is 0 Å². The third kappa shape index (κ3) is 5.09. The molecule has 7 heteroatoms. The molecule has 1 aliphatic rings. The van der Waals surface area contributed by atoms with Crippen molar-refractivity contribution in [2.75, 3.05) is 13.7 Å². The quantitative estimate of drug-likeness (QED) is 0.270. The van der Waals surface area contributed by atoms with E-state index in [1.807, 2.05) is 44.2 Å². The first-order chi connectivity index (χ1) is 15.0. The minimum absolute atomic E-state index is 0.147. The molecule has 0 bridgehead atoms. The number of fused-ring (bicyclic) bond motifs is 3. The van der Waals surface area contributed by atoms with Gasteiger partial charge in [-0.1, -0.05) is 39.2 Å². The van der Waals surface area contributed by atoms with E-state index in [0.717, 1.165) is 48.1 Å². The van der Waals surface area contributed by atoms with E-state index in [4.69, 9.17) is 9.47 Å². The number of hydrogen-bond donors (Lipinski definition) is 1.